The molecule has 0 aromatic heterocycles. The molecule has 4 N–H and O–H groups in total. The first-order valence-corrected chi connectivity index (χ1v) is 6.96. The third-order valence-corrected chi connectivity index (χ3v) is 3.73. The van der Waals surface area contributed by atoms with Crippen LogP contribution in [0.15, 0.2) is 66.7 Å². The zero-order valence-corrected chi connectivity index (χ0v) is 12.0. The van der Waals surface area contributed by atoms with Crippen LogP contribution >= 0.6 is 0 Å². The molecule has 0 amide bonds. The molecule has 0 heterocycles. The third-order valence-electron chi connectivity index (χ3n) is 3.73. The summed E-state index contributed by atoms with van der Waals surface area (Å²) in [4.78, 5) is 0. The van der Waals surface area contributed by atoms with Crippen LogP contribution in [-0.4, -0.2) is 0 Å². The number of nitrogens with two attached hydrogens (primary N) is 2. The van der Waals surface area contributed by atoms with Gasteiger partial charge in [0.2, 0.25) is 0 Å². The molecule has 104 valence electrons. The van der Waals surface area contributed by atoms with Gasteiger partial charge in [0.15, 0.2) is 0 Å². The van der Waals surface area contributed by atoms with E-state index in [9.17, 15) is 0 Å². The Morgan fingerprint density at radius 1 is 0.667 bits per heavy atom. The molecule has 0 fully saturated rings. The molecule has 3 aromatic carbocycles. The zero-order valence-electron chi connectivity index (χ0n) is 12.0. The summed E-state index contributed by atoms with van der Waals surface area (Å²) in [5.74, 6) is 0. The molecule has 0 spiro atoms. The van der Waals surface area contributed by atoms with Gasteiger partial charge in [-0.25, -0.2) is 0 Å². The van der Waals surface area contributed by atoms with E-state index >= 15 is 0 Å². The van der Waals surface area contributed by atoms with E-state index in [4.69, 9.17) is 11.5 Å². The molecular formula is C19H18N2. The van der Waals surface area contributed by atoms with Crippen molar-refractivity contribution in [2.75, 3.05) is 11.5 Å². The second-order valence-electron chi connectivity index (χ2n) is 5.24. The van der Waals surface area contributed by atoms with E-state index in [0.29, 0.717) is 0 Å². The van der Waals surface area contributed by atoms with Crippen molar-refractivity contribution in [2.24, 2.45) is 0 Å². The van der Waals surface area contributed by atoms with E-state index in [1.807, 2.05) is 48.5 Å². The molecule has 0 saturated heterocycles. The Morgan fingerprint density at radius 2 is 1.33 bits per heavy atom. The number of nitrogen functional groups attached to an aromatic ring is 2. The summed E-state index contributed by atoms with van der Waals surface area (Å²) in [6.07, 6.45) is 0. The minimum absolute atomic E-state index is 0.772. The van der Waals surface area contributed by atoms with E-state index in [1.165, 1.54) is 11.1 Å². The summed E-state index contributed by atoms with van der Waals surface area (Å²) >= 11 is 0. The number of hydrogen-bond acceptors (Lipinski definition) is 2. The maximum Gasteiger partial charge on any atom is 0.0394 e. The normalized spacial score (nSPS) is 10.5. The van der Waals surface area contributed by atoms with Crippen LogP contribution in [0, 0.1) is 6.92 Å². The fourth-order valence-electron chi connectivity index (χ4n) is 2.52. The molecular weight excluding hydrogens is 256 g/mol. The van der Waals surface area contributed by atoms with Crippen LogP contribution in [-0.2, 0) is 0 Å². The van der Waals surface area contributed by atoms with Crippen molar-refractivity contribution < 1.29 is 0 Å². The van der Waals surface area contributed by atoms with Gasteiger partial charge in [-0.3, -0.25) is 0 Å². The number of aryl methyl sites for hydroxylation is 1. The molecule has 0 bridgehead atoms. The van der Waals surface area contributed by atoms with Gasteiger partial charge in [-0.15, -0.1) is 0 Å². The highest BCUT2D eigenvalue weighted by Crippen LogP contribution is 2.33. The lowest BCUT2D eigenvalue weighted by Crippen LogP contribution is -1.93. The van der Waals surface area contributed by atoms with Gasteiger partial charge in [-0.2, -0.15) is 0 Å². The maximum absolute atomic E-state index is 6.17. The third kappa shape index (κ3) is 2.61. The second kappa shape index (κ2) is 5.33. The van der Waals surface area contributed by atoms with Gasteiger partial charge in [0.25, 0.3) is 0 Å². The highest BCUT2D eigenvalue weighted by atomic mass is 14.6. The highest BCUT2D eigenvalue weighted by Gasteiger charge is 2.07. The summed E-state index contributed by atoms with van der Waals surface area (Å²) in [5.41, 5.74) is 19.2. The highest BCUT2D eigenvalue weighted by molar-refractivity contribution is 5.83. The monoisotopic (exact) mass is 274 g/mol. The maximum atomic E-state index is 6.17. The fraction of sp³-hybridized carbons (Fsp3) is 0.0526. The second-order valence-corrected chi connectivity index (χ2v) is 5.24. The van der Waals surface area contributed by atoms with E-state index in [0.717, 1.165) is 28.1 Å². The summed E-state index contributed by atoms with van der Waals surface area (Å²) in [7, 11) is 0. The molecule has 2 heteroatoms. The lowest BCUT2D eigenvalue weighted by atomic mass is 9.95. The van der Waals surface area contributed by atoms with Crippen molar-refractivity contribution in [3.8, 4) is 22.3 Å². The van der Waals surface area contributed by atoms with Crippen LogP contribution in [0.4, 0.5) is 11.4 Å². The van der Waals surface area contributed by atoms with E-state index < -0.39 is 0 Å². The fourth-order valence-corrected chi connectivity index (χ4v) is 2.52. The lowest BCUT2D eigenvalue weighted by molar-refractivity contribution is 1.46. The van der Waals surface area contributed by atoms with Crippen molar-refractivity contribution in [3.05, 3.63) is 72.3 Å². The molecule has 2 nitrogen and oxygen atoms in total. The van der Waals surface area contributed by atoms with Crippen molar-refractivity contribution in [1.82, 2.24) is 0 Å². The number of benzene rings is 3. The topological polar surface area (TPSA) is 52.0 Å². The quantitative estimate of drug-likeness (QED) is 0.676. The average Bonchev–Trinajstić information content (AvgIpc) is 2.50. The average molecular weight is 274 g/mol. The minimum Gasteiger partial charge on any atom is -0.399 e. The number of anilines is 2. The van der Waals surface area contributed by atoms with Crippen molar-refractivity contribution >= 4 is 11.4 Å². The smallest absolute Gasteiger partial charge is 0.0394 e. The number of rotatable bonds is 2. The first-order chi connectivity index (χ1) is 10.1. The first kappa shape index (κ1) is 13.3. The van der Waals surface area contributed by atoms with Gasteiger partial charge >= 0.3 is 0 Å². The Labute approximate surface area is 125 Å². The summed E-state index contributed by atoms with van der Waals surface area (Å²) < 4.78 is 0. The summed E-state index contributed by atoms with van der Waals surface area (Å²) in [6.45, 7) is 2.10. The predicted molar refractivity (Wildman–Crippen MR) is 90.9 cm³/mol. The Bertz CT molecular complexity index is 774. The Kier molecular flexibility index (Phi) is 3.36. The molecule has 0 unspecified atom stereocenters. The van der Waals surface area contributed by atoms with Crippen LogP contribution in [0.5, 0.6) is 0 Å². The Morgan fingerprint density at radius 3 is 2.05 bits per heavy atom. The van der Waals surface area contributed by atoms with E-state index in [1.54, 1.807) is 0 Å². The predicted octanol–water partition coefficient (Wildman–Crippen LogP) is 4.49. The SMILES string of the molecule is Cc1ccccc1-c1cc(-c2ccc(N)cc2)ccc1N. The van der Waals surface area contributed by atoms with Gasteiger partial charge in [0.05, 0.1) is 0 Å². The lowest BCUT2D eigenvalue weighted by Gasteiger charge is -2.11. The molecule has 0 saturated carbocycles. The molecule has 0 atom stereocenters. The summed E-state index contributed by atoms with van der Waals surface area (Å²) in [5, 5.41) is 0. The van der Waals surface area contributed by atoms with Crippen LogP contribution < -0.4 is 11.5 Å². The number of hydrogen-bond donors (Lipinski definition) is 2. The molecule has 0 aliphatic rings. The largest absolute Gasteiger partial charge is 0.399 e. The molecule has 21 heavy (non-hydrogen) atoms. The van der Waals surface area contributed by atoms with Gasteiger partial charge in [-0.1, -0.05) is 42.5 Å². The van der Waals surface area contributed by atoms with E-state index in [-0.39, 0.29) is 0 Å². The van der Waals surface area contributed by atoms with Crippen molar-refractivity contribution in [2.45, 2.75) is 6.92 Å². The molecule has 3 rings (SSSR count). The van der Waals surface area contributed by atoms with Crippen molar-refractivity contribution in [3.63, 3.8) is 0 Å². The van der Waals surface area contributed by atoms with E-state index in [2.05, 4.69) is 25.1 Å². The molecule has 3 aromatic rings. The van der Waals surface area contributed by atoms with Gasteiger partial charge < -0.3 is 11.5 Å². The first-order valence-electron chi connectivity index (χ1n) is 6.96. The minimum atomic E-state index is 0.772. The van der Waals surface area contributed by atoms with Gasteiger partial charge in [0, 0.05) is 16.9 Å². The molecule has 0 radical (unpaired) electrons. The Hall–Kier alpha value is -2.74. The Balaban J connectivity index is 2.13. The van der Waals surface area contributed by atoms with Crippen LogP contribution in [0.3, 0.4) is 0 Å². The molecule has 0 aliphatic heterocycles. The van der Waals surface area contributed by atoms with Crippen LogP contribution in [0.2, 0.25) is 0 Å². The van der Waals surface area contributed by atoms with Gasteiger partial charge in [0.1, 0.15) is 0 Å². The van der Waals surface area contributed by atoms with Crippen molar-refractivity contribution in [1.29, 1.82) is 0 Å². The van der Waals surface area contributed by atoms with Crippen LogP contribution in [0.1, 0.15) is 5.56 Å². The zero-order chi connectivity index (χ0) is 14.8. The van der Waals surface area contributed by atoms with Gasteiger partial charge in [-0.05, 0) is 53.4 Å². The summed E-state index contributed by atoms with van der Waals surface area (Å²) in [6, 6.07) is 22.3. The van der Waals surface area contributed by atoms with Crippen LogP contribution in [0.25, 0.3) is 22.3 Å². The standard InChI is InChI=1S/C19H18N2/c1-13-4-2-3-5-17(13)18-12-15(8-11-19(18)21)14-6-9-16(20)10-7-14/h2-12H,20-21H2,1H3. The molecule has 0 aliphatic carbocycles.